The Morgan fingerprint density at radius 3 is 2.53 bits per heavy atom. The van der Waals surface area contributed by atoms with Crippen molar-refractivity contribution in [2.24, 2.45) is 0 Å². The number of nitrogens with zero attached hydrogens (tertiary/aromatic N) is 2. The monoisotopic (exact) mass is 458 g/mol. The molecule has 4 rings (SSSR count). The number of benzene rings is 1. The number of rotatable bonds is 6. The lowest BCUT2D eigenvalue weighted by molar-refractivity contribution is -0.145. The molecule has 3 aliphatic heterocycles. The summed E-state index contributed by atoms with van der Waals surface area (Å²) in [6.45, 7) is 6.53. The minimum Gasteiger partial charge on any atom is -0.486 e. The lowest BCUT2D eigenvalue weighted by Crippen LogP contribution is -2.49. The van der Waals surface area contributed by atoms with Gasteiger partial charge in [-0.3, -0.25) is 29.0 Å². The maximum absolute atomic E-state index is 13.5. The number of imide groups is 1. The molecule has 1 N–H and O–H groups in total. The number of fused-ring (bicyclic) bond motifs is 2. The topological polar surface area (TPSA) is 113 Å². The van der Waals surface area contributed by atoms with Crippen molar-refractivity contribution in [2.75, 3.05) is 24.6 Å². The zero-order valence-corrected chi connectivity index (χ0v) is 17.6. The molecule has 0 saturated carbocycles. The summed E-state index contributed by atoms with van der Waals surface area (Å²) in [7, 11) is 0. The largest absolute Gasteiger partial charge is 0.486 e. The van der Waals surface area contributed by atoms with Crippen LogP contribution < -0.4 is 4.90 Å². The van der Waals surface area contributed by atoms with Crippen LogP contribution in [0.25, 0.3) is 0 Å². The fraction of sp³-hybridized carbons (Fsp3) is 0.273. The summed E-state index contributed by atoms with van der Waals surface area (Å²) < 4.78 is 11.3. The van der Waals surface area contributed by atoms with E-state index in [0.29, 0.717) is 11.5 Å². The lowest BCUT2D eigenvalue weighted by Gasteiger charge is -2.29. The Morgan fingerprint density at radius 1 is 1.19 bits per heavy atom. The van der Waals surface area contributed by atoms with Crippen molar-refractivity contribution in [1.29, 1.82) is 0 Å². The molecule has 0 aromatic heterocycles. The molecule has 3 heterocycles. The summed E-state index contributed by atoms with van der Waals surface area (Å²) in [6, 6.07) is 4.40. The molecule has 1 saturated heterocycles. The molecule has 32 heavy (non-hydrogen) atoms. The molecule has 2 atom stereocenters. The van der Waals surface area contributed by atoms with Crippen LogP contribution >= 0.6 is 11.6 Å². The van der Waals surface area contributed by atoms with Crippen LogP contribution in [0.2, 0.25) is 5.02 Å². The number of amides is 3. The summed E-state index contributed by atoms with van der Waals surface area (Å²) in [5.41, 5.74) is -1.39. The fourth-order valence-corrected chi connectivity index (χ4v) is 4.44. The quantitative estimate of drug-likeness (QED) is 0.510. The Hall–Kier alpha value is -3.59. The van der Waals surface area contributed by atoms with Crippen LogP contribution in [0.15, 0.2) is 55.0 Å². The van der Waals surface area contributed by atoms with Gasteiger partial charge in [-0.15, -0.1) is 0 Å². The van der Waals surface area contributed by atoms with Crippen LogP contribution in [-0.2, 0) is 34.1 Å². The first-order valence-electron chi connectivity index (χ1n) is 9.70. The Morgan fingerprint density at radius 2 is 1.88 bits per heavy atom. The molecule has 1 spiro atoms. The van der Waals surface area contributed by atoms with Crippen LogP contribution in [0.3, 0.4) is 0 Å². The highest BCUT2D eigenvalue weighted by Gasteiger charge is 2.64. The number of allylic oxidation sites excluding steroid dienone is 2. The second-order valence-electron chi connectivity index (χ2n) is 7.53. The molecule has 1 aromatic rings. The molecule has 3 aliphatic rings. The number of carboxylic acid groups (broad SMARTS) is 1. The molecule has 0 aliphatic carbocycles. The summed E-state index contributed by atoms with van der Waals surface area (Å²) in [6.07, 6.45) is 1.79. The van der Waals surface area contributed by atoms with Crippen LogP contribution in [0.4, 0.5) is 5.69 Å². The average molecular weight is 459 g/mol. The normalized spacial score (nSPS) is 24.5. The van der Waals surface area contributed by atoms with E-state index >= 15 is 0 Å². The number of hydrogen-bond acceptors (Lipinski definition) is 6. The van der Waals surface area contributed by atoms with E-state index in [0.717, 1.165) is 9.80 Å². The van der Waals surface area contributed by atoms with Crippen molar-refractivity contribution in [3.63, 3.8) is 0 Å². The third-order valence-corrected chi connectivity index (χ3v) is 5.89. The molecule has 3 amide bonds. The number of carbonyl (C=O) groups excluding carboxylic acids is 3. The Labute approximate surface area is 188 Å². The molecule has 9 nitrogen and oxygen atoms in total. The summed E-state index contributed by atoms with van der Waals surface area (Å²) >= 11 is 6.11. The molecular weight excluding hydrogens is 440 g/mol. The van der Waals surface area contributed by atoms with Gasteiger partial charge in [-0.05, 0) is 30.4 Å². The molecule has 1 aromatic carbocycles. The minimum atomic E-state index is -1.86. The SMILES string of the molecule is C=CC1=C(C=C)OC(CN2C(=O)CC3(C2=O)C(=O)N(CC(=O)O)c2ccc(Cl)cc23)CO1. The Kier molecular flexibility index (Phi) is 5.29. The second-order valence-corrected chi connectivity index (χ2v) is 7.96. The number of halogens is 1. The predicted octanol–water partition coefficient (Wildman–Crippen LogP) is 1.77. The van der Waals surface area contributed by atoms with Gasteiger partial charge in [0.05, 0.1) is 13.0 Å². The molecular formula is C22H19ClN2O7. The Bertz CT molecular complexity index is 1110. The first-order chi connectivity index (χ1) is 15.2. The van der Waals surface area contributed by atoms with E-state index in [1.165, 1.54) is 30.4 Å². The first-order valence-corrected chi connectivity index (χ1v) is 10.1. The molecule has 10 heteroatoms. The van der Waals surface area contributed by atoms with Crippen LogP contribution in [0, 0.1) is 0 Å². The first kappa shape index (κ1) is 21.6. The maximum Gasteiger partial charge on any atom is 0.323 e. The van der Waals surface area contributed by atoms with Gasteiger partial charge in [-0.2, -0.15) is 0 Å². The van der Waals surface area contributed by atoms with E-state index in [1.54, 1.807) is 0 Å². The number of likely N-dealkylation sites (tertiary alicyclic amines) is 1. The zero-order chi connectivity index (χ0) is 23.2. The van der Waals surface area contributed by atoms with Crippen molar-refractivity contribution in [3.05, 3.63) is 65.6 Å². The van der Waals surface area contributed by atoms with E-state index < -0.39 is 48.2 Å². The number of hydrogen-bond donors (Lipinski definition) is 1. The summed E-state index contributed by atoms with van der Waals surface area (Å²) in [5.74, 6) is -2.61. The van der Waals surface area contributed by atoms with E-state index in [9.17, 15) is 24.3 Å². The van der Waals surface area contributed by atoms with Gasteiger partial charge in [0.15, 0.2) is 23.0 Å². The highest BCUT2D eigenvalue weighted by atomic mass is 35.5. The van der Waals surface area contributed by atoms with E-state index in [1.807, 2.05) is 0 Å². The van der Waals surface area contributed by atoms with Gasteiger partial charge in [0, 0.05) is 16.3 Å². The summed E-state index contributed by atoms with van der Waals surface area (Å²) in [5, 5.41) is 9.51. The van der Waals surface area contributed by atoms with Crippen molar-refractivity contribution in [1.82, 2.24) is 4.90 Å². The molecule has 2 unspecified atom stereocenters. The number of aliphatic carboxylic acids is 1. The third-order valence-electron chi connectivity index (χ3n) is 5.66. The fourth-order valence-electron chi connectivity index (χ4n) is 4.26. The molecule has 0 radical (unpaired) electrons. The van der Waals surface area contributed by atoms with Crippen molar-refractivity contribution in [3.8, 4) is 0 Å². The second kappa shape index (κ2) is 7.83. The van der Waals surface area contributed by atoms with Crippen molar-refractivity contribution < 1.29 is 33.8 Å². The highest BCUT2D eigenvalue weighted by molar-refractivity contribution is 6.32. The van der Waals surface area contributed by atoms with E-state index in [-0.39, 0.29) is 29.4 Å². The van der Waals surface area contributed by atoms with Crippen molar-refractivity contribution in [2.45, 2.75) is 17.9 Å². The van der Waals surface area contributed by atoms with Gasteiger partial charge in [0.1, 0.15) is 13.2 Å². The molecule has 166 valence electrons. The van der Waals surface area contributed by atoms with Crippen molar-refractivity contribution >= 4 is 41.0 Å². The number of carboxylic acids is 1. The van der Waals surface area contributed by atoms with Gasteiger partial charge >= 0.3 is 5.97 Å². The van der Waals surface area contributed by atoms with E-state index in [4.69, 9.17) is 21.1 Å². The van der Waals surface area contributed by atoms with E-state index in [2.05, 4.69) is 13.2 Å². The minimum absolute atomic E-state index is 0.0598. The van der Waals surface area contributed by atoms with Gasteiger partial charge in [-0.25, -0.2) is 0 Å². The number of anilines is 1. The highest BCUT2D eigenvalue weighted by Crippen LogP contribution is 2.49. The van der Waals surface area contributed by atoms with Gasteiger partial charge in [0.25, 0.3) is 0 Å². The average Bonchev–Trinajstić information content (AvgIpc) is 3.14. The maximum atomic E-state index is 13.5. The van der Waals surface area contributed by atoms with Crippen LogP contribution in [-0.4, -0.2) is 59.5 Å². The van der Waals surface area contributed by atoms with Crippen LogP contribution in [0.1, 0.15) is 12.0 Å². The zero-order valence-electron chi connectivity index (χ0n) is 16.9. The standard InChI is InChI=1S/C22H19ClN2O7/c1-3-16-17(4-2)32-13(11-31-16)9-25-18(26)8-22(21(25)30)14-7-12(23)5-6-15(14)24(20(22)29)10-19(27)28/h3-7,13H,1-2,8-11H2,(H,27,28). The smallest absolute Gasteiger partial charge is 0.323 e. The third kappa shape index (κ3) is 3.16. The summed E-state index contributed by atoms with van der Waals surface area (Å²) in [4.78, 5) is 53.1. The van der Waals surface area contributed by atoms with Crippen LogP contribution in [0.5, 0.6) is 0 Å². The number of carbonyl (C=O) groups is 4. The van der Waals surface area contributed by atoms with Gasteiger partial charge in [-0.1, -0.05) is 24.8 Å². The van der Waals surface area contributed by atoms with Gasteiger partial charge in [0.2, 0.25) is 17.7 Å². The molecule has 1 fully saturated rings. The predicted molar refractivity (Wildman–Crippen MR) is 113 cm³/mol. The number of ether oxygens (including phenoxy) is 2. The van der Waals surface area contributed by atoms with Gasteiger partial charge < -0.3 is 14.6 Å². The lowest BCUT2D eigenvalue weighted by atomic mass is 9.80. The molecule has 0 bridgehead atoms. The Balaban J connectivity index is 1.67.